The Kier molecular flexibility index (Phi) is 8.38. The molecule has 6 heteroatoms. The van der Waals surface area contributed by atoms with E-state index in [1.54, 1.807) is 0 Å². The minimum absolute atomic E-state index is 0.0310. The number of aliphatic hydroxyl groups excluding tert-OH is 2. The van der Waals surface area contributed by atoms with Crippen LogP contribution in [0.5, 0.6) is 0 Å². The molecule has 0 radical (unpaired) electrons. The quantitative estimate of drug-likeness (QED) is 0.350. The number of hydrogen-bond donors (Lipinski definition) is 2. The summed E-state index contributed by atoms with van der Waals surface area (Å²) in [7, 11) is 0. The molecule has 2 N–H and O–H groups in total. The van der Waals surface area contributed by atoms with Gasteiger partial charge in [0, 0.05) is 31.3 Å². The van der Waals surface area contributed by atoms with Crippen LogP contribution in [0.15, 0.2) is 0 Å². The Morgan fingerprint density at radius 1 is 0.825 bits per heavy atom. The largest absolute Gasteiger partial charge is 0.465 e. The molecule has 4 aliphatic rings. The summed E-state index contributed by atoms with van der Waals surface area (Å²) in [6.45, 7) is 19.9. The zero-order valence-electron chi connectivity index (χ0n) is 26.9. The lowest BCUT2D eigenvalue weighted by Crippen LogP contribution is -2.67. The molecule has 0 aromatic heterocycles. The van der Waals surface area contributed by atoms with Crippen molar-refractivity contribution in [3.63, 3.8) is 0 Å². The minimum Gasteiger partial charge on any atom is -0.465 e. The zero-order valence-corrected chi connectivity index (χ0v) is 26.9. The number of ether oxygens (including phenoxy) is 2. The van der Waals surface area contributed by atoms with E-state index >= 15 is 0 Å². The van der Waals surface area contributed by atoms with Crippen molar-refractivity contribution in [3.8, 4) is 0 Å². The first kappa shape index (κ1) is 31.8. The van der Waals surface area contributed by atoms with E-state index in [2.05, 4.69) is 48.5 Å². The van der Waals surface area contributed by atoms with Crippen LogP contribution in [-0.2, 0) is 19.1 Å². The van der Waals surface area contributed by atoms with Crippen molar-refractivity contribution in [2.24, 2.45) is 50.2 Å². The second-order valence-corrected chi connectivity index (χ2v) is 16.5. The number of esters is 2. The maximum atomic E-state index is 12.6. The third-order valence-corrected chi connectivity index (χ3v) is 13.6. The molecule has 40 heavy (non-hydrogen) atoms. The molecule has 0 amide bonds. The Hall–Kier alpha value is -1.14. The molecule has 4 rings (SSSR count). The Morgan fingerprint density at radius 3 is 2.08 bits per heavy atom. The van der Waals surface area contributed by atoms with Crippen molar-refractivity contribution in [1.82, 2.24) is 0 Å². The van der Waals surface area contributed by atoms with Crippen LogP contribution >= 0.6 is 0 Å². The lowest BCUT2D eigenvalue weighted by atomic mass is 9.35. The molecule has 4 aliphatic carbocycles. The van der Waals surface area contributed by atoms with Crippen molar-refractivity contribution < 1.29 is 29.3 Å². The monoisotopic (exact) mass is 562 g/mol. The number of hydrogen-bond acceptors (Lipinski definition) is 6. The Labute approximate surface area is 243 Å². The van der Waals surface area contributed by atoms with Crippen molar-refractivity contribution in [2.45, 2.75) is 139 Å². The number of carbonyl (C=O) groups is 2. The van der Waals surface area contributed by atoms with Crippen LogP contribution in [0.2, 0.25) is 0 Å². The predicted molar refractivity (Wildman–Crippen MR) is 156 cm³/mol. The second kappa shape index (κ2) is 10.5. The van der Waals surface area contributed by atoms with Gasteiger partial charge in [-0.1, -0.05) is 48.5 Å². The minimum atomic E-state index is -0.506. The third-order valence-electron chi connectivity index (χ3n) is 13.6. The zero-order chi connectivity index (χ0) is 29.9. The van der Waals surface area contributed by atoms with Gasteiger partial charge in [0.25, 0.3) is 0 Å². The van der Waals surface area contributed by atoms with Gasteiger partial charge in [0.15, 0.2) is 0 Å². The lowest BCUT2D eigenvalue weighted by molar-refractivity contribution is -0.253. The van der Waals surface area contributed by atoms with Gasteiger partial charge in [-0.25, -0.2) is 0 Å². The first-order valence-electron chi connectivity index (χ1n) is 16.0. The highest BCUT2D eigenvalue weighted by Gasteiger charge is 2.68. The smallest absolute Gasteiger partial charge is 0.302 e. The fraction of sp³-hybridized carbons (Fsp3) is 0.941. The lowest BCUT2D eigenvalue weighted by Gasteiger charge is -2.70. The number of fused-ring (bicyclic) bond motifs is 2. The molecule has 9 atom stereocenters. The normalized spacial score (nSPS) is 46.0. The molecule has 0 aromatic carbocycles. The van der Waals surface area contributed by atoms with Crippen LogP contribution in [0.4, 0.5) is 0 Å². The van der Waals surface area contributed by atoms with Gasteiger partial charge in [0.1, 0.15) is 6.10 Å². The summed E-state index contributed by atoms with van der Waals surface area (Å²) >= 11 is 0. The van der Waals surface area contributed by atoms with Gasteiger partial charge >= 0.3 is 11.9 Å². The summed E-state index contributed by atoms with van der Waals surface area (Å²) in [6, 6.07) is 0. The van der Waals surface area contributed by atoms with E-state index < -0.39 is 6.10 Å². The first-order valence-corrected chi connectivity index (χ1v) is 16.0. The summed E-state index contributed by atoms with van der Waals surface area (Å²) in [5, 5.41) is 23.0. The molecular weight excluding hydrogens is 504 g/mol. The van der Waals surface area contributed by atoms with Gasteiger partial charge in [0.05, 0.1) is 12.7 Å². The van der Waals surface area contributed by atoms with Gasteiger partial charge in [-0.15, -0.1) is 0 Å². The van der Waals surface area contributed by atoms with E-state index in [0.29, 0.717) is 12.5 Å². The van der Waals surface area contributed by atoms with Crippen LogP contribution < -0.4 is 0 Å². The average Bonchev–Trinajstić information content (AvgIpc) is 2.85. The van der Waals surface area contributed by atoms with Crippen LogP contribution in [0.3, 0.4) is 0 Å². The van der Waals surface area contributed by atoms with E-state index in [0.717, 1.165) is 64.2 Å². The molecule has 2 unspecified atom stereocenters. The van der Waals surface area contributed by atoms with Crippen molar-refractivity contribution in [2.75, 3.05) is 13.2 Å². The molecule has 4 fully saturated rings. The molecule has 0 spiro atoms. The predicted octanol–water partition coefficient (Wildman–Crippen LogP) is 6.70. The van der Waals surface area contributed by atoms with Gasteiger partial charge in [-0.2, -0.15) is 0 Å². The SMILES string of the molecule is CC(=O)OC[C@]12CCC(C)(C)CC1C(O)[C@](C)([C@]1(C)CC[C@H]3C(C)(C)[C@@H](OC(C)=O)CC[C@]3(C)[C@H]1CCO)CC2. The van der Waals surface area contributed by atoms with Crippen molar-refractivity contribution in [3.05, 3.63) is 0 Å². The van der Waals surface area contributed by atoms with E-state index in [1.807, 2.05) is 0 Å². The van der Waals surface area contributed by atoms with E-state index in [4.69, 9.17) is 9.47 Å². The van der Waals surface area contributed by atoms with E-state index in [1.165, 1.54) is 13.8 Å². The summed E-state index contributed by atoms with van der Waals surface area (Å²) in [6.07, 6.45) is 8.75. The summed E-state index contributed by atoms with van der Waals surface area (Å²) in [4.78, 5) is 23.8. The van der Waals surface area contributed by atoms with Crippen LogP contribution in [0, 0.1) is 50.2 Å². The van der Waals surface area contributed by atoms with Gasteiger partial charge < -0.3 is 19.7 Å². The third kappa shape index (κ3) is 4.95. The molecule has 4 saturated carbocycles. The maximum absolute atomic E-state index is 12.6. The van der Waals surface area contributed by atoms with Crippen LogP contribution in [0.25, 0.3) is 0 Å². The molecule has 0 aromatic rings. The van der Waals surface area contributed by atoms with Crippen LogP contribution in [0.1, 0.15) is 127 Å². The molecule has 0 bridgehead atoms. The van der Waals surface area contributed by atoms with Crippen molar-refractivity contribution >= 4 is 11.9 Å². The number of carbonyl (C=O) groups excluding carboxylic acids is 2. The Morgan fingerprint density at radius 2 is 1.48 bits per heavy atom. The standard InChI is InChI=1S/C34H58O6/c1-22(36)39-21-34-17-15-29(3,4)20-24(34)28(38)33(9,16-18-34)32(8)14-10-25-30(5,6)27(40-23(2)37)11-13-31(25,7)26(32)12-19-35/h24-28,35,38H,10-21H2,1-9H3/t24?,25-,26+,27-,28?,31-,32+,33+,34+/m0/s1. The fourth-order valence-corrected chi connectivity index (χ4v) is 11.1. The molecule has 0 aliphatic heterocycles. The highest BCUT2D eigenvalue weighted by Crippen LogP contribution is 2.72. The molecule has 0 heterocycles. The molecule has 0 saturated heterocycles. The molecule has 6 nitrogen and oxygen atoms in total. The van der Waals surface area contributed by atoms with Gasteiger partial charge in [0.2, 0.25) is 0 Å². The fourth-order valence-electron chi connectivity index (χ4n) is 11.1. The first-order chi connectivity index (χ1) is 18.4. The van der Waals surface area contributed by atoms with Gasteiger partial charge in [-0.05, 0) is 104 Å². The van der Waals surface area contributed by atoms with Crippen LogP contribution in [-0.4, -0.2) is 47.6 Å². The molecular formula is C34H58O6. The summed E-state index contributed by atoms with van der Waals surface area (Å²) in [5.41, 5.74) is -0.718. The summed E-state index contributed by atoms with van der Waals surface area (Å²) < 4.78 is 11.6. The second-order valence-electron chi connectivity index (χ2n) is 16.5. The Balaban J connectivity index is 1.72. The number of rotatable bonds is 6. The van der Waals surface area contributed by atoms with Crippen molar-refractivity contribution in [1.29, 1.82) is 0 Å². The topological polar surface area (TPSA) is 93.1 Å². The number of aliphatic hydroxyl groups is 2. The highest BCUT2D eigenvalue weighted by molar-refractivity contribution is 5.66. The maximum Gasteiger partial charge on any atom is 0.302 e. The Bertz CT molecular complexity index is 973. The highest BCUT2D eigenvalue weighted by atomic mass is 16.5. The summed E-state index contributed by atoms with van der Waals surface area (Å²) in [5.74, 6) is 0.221. The van der Waals surface area contributed by atoms with Gasteiger partial charge in [-0.3, -0.25) is 9.59 Å². The van der Waals surface area contributed by atoms with E-state index in [9.17, 15) is 19.8 Å². The average molecular weight is 563 g/mol. The van der Waals surface area contributed by atoms with E-state index in [-0.39, 0.29) is 69.0 Å². The molecule has 230 valence electrons.